The number of aryl methyl sites for hydroxylation is 1. The lowest BCUT2D eigenvalue weighted by molar-refractivity contribution is -0.142. The number of carbonyl (C=O) groups is 2. The number of hydrogen-bond donors (Lipinski definition) is 1. The number of ether oxygens (including phenoxy) is 2. The van der Waals surface area contributed by atoms with Crippen LogP contribution in [0.15, 0.2) is 60.4 Å². The first-order valence-corrected chi connectivity index (χ1v) is 7.58. The maximum absolute atomic E-state index is 11.3. The number of esters is 1. The van der Waals surface area contributed by atoms with Gasteiger partial charge in [0, 0.05) is 5.57 Å². The van der Waals surface area contributed by atoms with Gasteiger partial charge in [-0.15, -0.1) is 0 Å². The summed E-state index contributed by atoms with van der Waals surface area (Å²) >= 11 is 0. The predicted octanol–water partition coefficient (Wildman–Crippen LogP) is 2.71. The number of benzene rings is 1. The van der Waals surface area contributed by atoms with Gasteiger partial charge in [-0.25, -0.2) is 0 Å². The van der Waals surface area contributed by atoms with Gasteiger partial charge in [-0.1, -0.05) is 18.7 Å². The molecule has 0 saturated carbocycles. The predicted molar refractivity (Wildman–Crippen MR) is 93.5 cm³/mol. The Labute approximate surface area is 142 Å². The van der Waals surface area contributed by atoms with Crippen molar-refractivity contribution in [2.75, 3.05) is 7.11 Å². The zero-order chi connectivity index (χ0) is 17.9. The van der Waals surface area contributed by atoms with E-state index in [2.05, 4.69) is 11.3 Å². The highest BCUT2D eigenvalue weighted by atomic mass is 16.5. The maximum Gasteiger partial charge on any atom is 0.322 e. The molecule has 0 heterocycles. The van der Waals surface area contributed by atoms with E-state index in [1.165, 1.54) is 7.11 Å². The summed E-state index contributed by atoms with van der Waals surface area (Å²) in [5.41, 5.74) is 7.13. The second kappa shape index (κ2) is 10.2. The van der Waals surface area contributed by atoms with Crippen molar-refractivity contribution >= 4 is 12.3 Å². The molecule has 0 saturated heterocycles. The lowest BCUT2D eigenvalue weighted by atomic mass is 10.1. The Morgan fingerprint density at radius 3 is 2.50 bits per heavy atom. The van der Waals surface area contributed by atoms with Gasteiger partial charge in [0.15, 0.2) is 0 Å². The van der Waals surface area contributed by atoms with Crippen LogP contribution >= 0.6 is 0 Å². The van der Waals surface area contributed by atoms with E-state index in [4.69, 9.17) is 10.5 Å². The van der Waals surface area contributed by atoms with Crippen LogP contribution in [0.4, 0.5) is 0 Å². The quantitative estimate of drug-likeness (QED) is 0.248. The molecule has 0 bridgehead atoms. The summed E-state index contributed by atoms with van der Waals surface area (Å²) in [5, 5.41) is 0. The average molecular weight is 329 g/mol. The summed E-state index contributed by atoms with van der Waals surface area (Å²) in [6.45, 7) is 5.41. The highest BCUT2D eigenvalue weighted by molar-refractivity contribution is 5.76. The Kier molecular flexibility index (Phi) is 8.22. The number of aldehydes is 1. The van der Waals surface area contributed by atoms with Gasteiger partial charge in [0.1, 0.15) is 23.8 Å². The van der Waals surface area contributed by atoms with E-state index in [1.54, 1.807) is 18.2 Å². The van der Waals surface area contributed by atoms with Crippen LogP contribution in [0.1, 0.15) is 18.9 Å². The minimum atomic E-state index is -0.614. The molecule has 0 aromatic heterocycles. The molecule has 0 aliphatic heterocycles. The summed E-state index contributed by atoms with van der Waals surface area (Å²) in [7, 11) is 1.33. The molecule has 5 nitrogen and oxygen atoms in total. The summed E-state index contributed by atoms with van der Waals surface area (Å²) in [6, 6.07) is 6.90. The Bertz CT molecular complexity index is 629. The SMILES string of the molecule is C=C(C=O)/C=C\C(=C/C)Oc1ccc(CCC(N)C(=O)OC)cc1. The Hall–Kier alpha value is -2.66. The first-order valence-electron chi connectivity index (χ1n) is 7.58. The number of carbonyl (C=O) groups excluding carboxylic acids is 2. The van der Waals surface area contributed by atoms with E-state index in [-0.39, 0.29) is 0 Å². The van der Waals surface area contributed by atoms with Crippen LogP contribution in [0.2, 0.25) is 0 Å². The maximum atomic E-state index is 11.3. The van der Waals surface area contributed by atoms with Crippen LogP contribution in [0.3, 0.4) is 0 Å². The van der Waals surface area contributed by atoms with Gasteiger partial charge in [-0.2, -0.15) is 0 Å². The average Bonchev–Trinajstić information content (AvgIpc) is 2.62. The van der Waals surface area contributed by atoms with Gasteiger partial charge in [0.05, 0.1) is 7.11 Å². The molecule has 5 heteroatoms. The van der Waals surface area contributed by atoms with Crippen molar-refractivity contribution < 1.29 is 19.1 Å². The highest BCUT2D eigenvalue weighted by Gasteiger charge is 2.13. The van der Waals surface area contributed by atoms with Gasteiger partial charge >= 0.3 is 5.97 Å². The van der Waals surface area contributed by atoms with Crippen LogP contribution in [0.5, 0.6) is 5.75 Å². The normalized spacial score (nSPS) is 12.7. The fraction of sp³-hybridized carbons (Fsp3) is 0.263. The first-order chi connectivity index (χ1) is 11.5. The van der Waals surface area contributed by atoms with E-state index in [0.29, 0.717) is 36.2 Å². The number of allylic oxidation sites excluding steroid dienone is 4. The van der Waals surface area contributed by atoms with Gasteiger partial charge in [-0.3, -0.25) is 9.59 Å². The second-order valence-corrected chi connectivity index (χ2v) is 5.13. The molecule has 0 aliphatic rings. The van der Waals surface area contributed by atoms with Crippen molar-refractivity contribution in [1.29, 1.82) is 0 Å². The van der Waals surface area contributed by atoms with Gasteiger partial charge in [0.25, 0.3) is 0 Å². The lowest BCUT2D eigenvalue weighted by Gasteiger charge is -2.10. The summed E-state index contributed by atoms with van der Waals surface area (Å²) < 4.78 is 10.3. The van der Waals surface area contributed by atoms with Crippen molar-refractivity contribution in [3.05, 3.63) is 66.0 Å². The third kappa shape index (κ3) is 6.62. The van der Waals surface area contributed by atoms with Crippen LogP contribution in [0.25, 0.3) is 0 Å². The van der Waals surface area contributed by atoms with E-state index in [1.807, 2.05) is 31.2 Å². The van der Waals surface area contributed by atoms with Crippen molar-refractivity contribution in [2.24, 2.45) is 5.73 Å². The van der Waals surface area contributed by atoms with Gasteiger partial charge in [0.2, 0.25) is 0 Å². The fourth-order valence-corrected chi connectivity index (χ4v) is 1.87. The molecule has 1 aromatic rings. The first kappa shape index (κ1) is 19.4. The molecule has 24 heavy (non-hydrogen) atoms. The minimum Gasteiger partial charge on any atom is -0.468 e. The molecular formula is C19H23NO4. The van der Waals surface area contributed by atoms with Crippen molar-refractivity contribution in [3.8, 4) is 5.75 Å². The monoisotopic (exact) mass is 329 g/mol. The molecule has 0 fully saturated rings. The van der Waals surface area contributed by atoms with Gasteiger partial charge in [-0.05, 0) is 55.7 Å². The van der Waals surface area contributed by atoms with Crippen molar-refractivity contribution in [2.45, 2.75) is 25.8 Å². The number of hydrogen-bond acceptors (Lipinski definition) is 5. The Morgan fingerprint density at radius 1 is 1.29 bits per heavy atom. The second-order valence-electron chi connectivity index (χ2n) is 5.13. The molecule has 1 atom stereocenters. The van der Waals surface area contributed by atoms with Crippen molar-refractivity contribution in [3.63, 3.8) is 0 Å². The Morgan fingerprint density at radius 2 is 1.96 bits per heavy atom. The summed E-state index contributed by atoms with van der Waals surface area (Å²) in [6.07, 6.45) is 6.93. The molecule has 0 spiro atoms. The Balaban J connectivity index is 2.60. The molecule has 0 aliphatic carbocycles. The number of nitrogens with two attached hydrogens (primary N) is 1. The van der Waals surface area contributed by atoms with Crippen LogP contribution in [-0.4, -0.2) is 25.4 Å². The molecule has 0 amide bonds. The lowest BCUT2D eigenvalue weighted by Crippen LogP contribution is -2.31. The van der Waals surface area contributed by atoms with E-state index in [0.717, 1.165) is 5.56 Å². The van der Waals surface area contributed by atoms with Gasteiger partial charge < -0.3 is 15.2 Å². The topological polar surface area (TPSA) is 78.6 Å². The van der Waals surface area contributed by atoms with E-state index in [9.17, 15) is 9.59 Å². The largest absolute Gasteiger partial charge is 0.468 e. The van der Waals surface area contributed by atoms with Crippen molar-refractivity contribution in [1.82, 2.24) is 0 Å². The number of methoxy groups -OCH3 is 1. The fourth-order valence-electron chi connectivity index (χ4n) is 1.87. The van der Waals surface area contributed by atoms with Crippen LogP contribution in [-0.2, 0) is 20.7 Å². The third-order valence-corrected chi connectivity index (χ3v) is 3.30. The van der Waals surface area contributed by atoms with Crippen LogP contribution < -0.4 is 10.5 Å². The molecule has 1 aromatic carbocycles. The molecule has 128 valence electrons. The standard InChI is InChI=1S/C19H23NO4/c1-4-16(9-5-14(2)13-21)24-17-10-6-15(7-11-17)8-12-18(20)19(22)23-3/h4-7,9-11,13,18H,2,8,12,20H2,1,3H3/b9-5-,16-4+. The molecule has 0 radical (unpaired) electrons. The van der Waals surface area contributed by atoms with Crippen LogP contribution in [0, 0.1) is 0 Å². The molecular weight excluding hydrogens is 306 g/mol. The van der Waals surface area contributed by atoms with E-state index >= 15 is 0 Å². The molecule has 2 N–H and O–H groups in total. The zero-order valence-electron chi connectivity index (χ0n) is 14.0. The minimum absolute atomic E-state index is 0.371. The molecule has 1 unspecified atom stereocenters. The zero-order valence-corrected chi connectivity index (χ0v) is 14.0. The summed E-state index contributed by atoms with van der Waals surface area (Å²) in [4.78, 5) is 21.8. The van der Waals surface area contributed by atoms with E-state index < -0.39 is 12.0 Å². The smallest absolute Gasteiger partial charge is 0.322 e. The third-order valence-electron chi connectivity index (χ3n) is 3.30. The highest BCUT2D eigenvalue weighted by Crippen LogP contribution is 2.17. The number of rotatable bonds is 9. The molecule has 1 rings (SSSR count). The summed E-state index contributed by atoms with van der Waals surface area (Å²) in [5.74, 6) is 0.875.